The molecule has 14 heavy (non-hydrogen) atoms. The lowest BCUT2D eigenvalue weighted by Crippen LogP contribution is -2.41. The third-order valence-corrected chi connectivity index (χ3v) is 3.04. The molecule has 78 valence electrons. The molecule has 3 nitrogen and oxygen atoms in total. The smallest absolute Gasteiger partial charge is 0.0534 e. The zero-order valence-corrected chi connectivity index (χ0v) is 9.17. The van der Waals surface area contributed by atoms with Gasteiger partial charge in [-0.15, -0.1) is 11.6 Å². The van der Waals surface area contributed by atoms with Gasteiger partial charge >= 0.3 is 0 Å². The van der Waals surface area contributed by atoms with Crippen LogP contribution in [0.15, 0.2) is 12.4 Å². The summed E-state index contributed by atoms with van der Waals surface area (Å²) in [5.41, 5.74) is 1.25. The maximum Gasteiger partial charge on any atom is 0.0534 e. The number of nitrogens with zero attached hydrogens (tertiary/aromatic N) is 2. The van der Waals surface area contributed by atoms with E-state index in [1.807, 2.05) is 10.9 Å². The first kappa shape index (κ1) is 9.99. The summed E-state index contributed by atoms with van der Waals surface area (Å²) in [6.45, 7) is 3.94. The zero-order valence-electron chi connectivity index (χ0n) is 8.41. The van der Waals surface area contributed by atoms with Crippen LogP contribution in [0.25, 0.3) is 0 Å². The molecule has 1 fully saturated rings. The Hall–Kier alpha value is -0.540. The second-order valence-electron chi connectivity index (χ2n) is 3.85. The Morgan fingerprint density at radius 3 is 3.00 bits per heavy atom. The van der Waals surface area contributed by atoms with E-state index >= 15 is 0 Å². The number of halogens is 1. The molecule has 0 atom stereocenters. The maximum atomic E-state index is 5.90. The molecule has 0 bridgehead atoms. The third kappa shape index (κ3) is 2.28. The molecule has 0 aliphatic heterocycles. The van der Waals surface area contributed by atoms with Gasteiger partial charge in [-0.1, -0.05) is 0 Å². The molecule has 1 aromatic heterocycles. The SMILES string of the molecule is CCn1cc(CNC2CC(Cl)C2)cn1. The Bertz CT molecular complexity index is 291. The van der Waals surface area contributed by atoms with Crippen molar-refractivity contribution < 1.29 is 0 Å². The number of aromatic nitrogens is 2. The van der Waals surface area contributed by atoms with Crippen molar-refractivity contribution in [2.45, 2.75) is 44.3 Å². The van der Waals surface area contributed by atoms with Crippen molar-refractivity contribution in [2.75, 3.05) is 0 Å². The van der Waals surface area contributed by atoms with Crippen LogP contribution in [0.1, 0.15) is 25.3 Å². The molecule has 1 heterocycles. The van der Waals surface area contributed by atoms with E-state index < -0.39 is 0 Å². The minimum Gasteiger partial charge on any atom is -0.310 e. The Morgan fingerprint density at radius 1 is 1.64 bits per heavy atom. The van der Waals surface area contributed by atoms with Crippen molar-refractivity contribution >= 4 is 11.6 Å². The summed E-state index contributed by atoms with van der Waals surface area (Å²) in [4.78, 5) is 0. The van der Waals surface area contributed by atoms with E-state index in [4.69, 9.17) is 11.6 Å². The summed E-state index contributed by atoms with van der Waals surface area (Å²) in [7, 11) is 0. The molecule has 0 amide bonds. The van der Waals surface area contributed by atoms with Crippen LogP contribution >= 0.6 is 11.6 Å². The lowest BCUT2D eigenvalue weighted by atomic mass is 9.92. The first-order valence-electron chi connectivity index (χ1n) is 5.16. The molecule has 0 unspecified atom stereocenters. The minimum atomic E-state index is 0.394. The Labute approximate surface area is 89.4 Å². The largest absolute Gasteiger partial charge is 0.310 e. The number of aryl methyl sites for hydroxylation is 1. The average molecular weight is 214 g/mol. The molecule has 0 radical (unpaired) electrons. The van der Waals surface area contributed by atoms with Crippen molar-refractivity contribution in [1.82, 2.24) is 15.1 Å². The molecule has 1 aromatic rings. The molecule has 1 saturated carbocycles. The predicted molar refractivity (Wildman–Crippen MR) is 57.4 cm³/mol. The molecular weight excluding hydrogens is 198 g/mol. The highest BCUT2D eigenvalue weighted by atomic mass is 35.5. The number of nitrogens with one attached hydrogen (secondary N) is 1. The van der Waals surface area contributed by atoms with Gasteiger partial charge in [0.15, 0.2) is 0 Å². The van der Waals surface area contributed by atoms with Crippen LogP contribution in [0.3, 0.4) is 0 Å². The van der Waals surface area contributed by atoms with Crippen molar-refractivity contribution in [3.05, 3.63) is 18.0 Å². The number of hydrogen-bond acceptors (Lipinski definition) is 2. The first-order valence-corrected chi connectivity index (χ1v) is 5.60. The molecular formula is C10H16ClN3. The summed E-state index contributed by atoms with van der Waals surface area (Å²) in [6.07, 6.45) is 6.21. The summed E-state index contributed by atoms with van der Waals surface area (Å²) in [5.74, 6) is 0. The molecule has 4 heteroatoms. The van der Waals surface area contributed by atoms with Gasteiger partial charge in [-0.2, -0.15) is 5.10 Å². The van der Waals surface area contributed by atoms with E-state index in [1.54, 1.807) is 0 Å². The summed E-state index contributed by atoms with van der Waals surface area (Å²) in [6, 6.07) is 0.613. The van der Waals surface area contributed by atoms with Gasteiger partial charge in [-0.3, -0.25) is 4.68 Å². The highest BCUT2D eigenvalue weighted by Crippen LogP contribution is 2.25. The molecule has 0 aromatic carbocycles. The fraction of sp³-hybridized carbons (Fsp3) is 0.700. The number of hydrogen-bond donors (Lipinski definition) is 1. The van der Waals surface area contributed by atoms with Gasteiger partial charge in [0, 0.05) is 36.3 Å². The van der Waals surface area contributed by atoms with Crippen molar-refractivity contribution in [3.8, 4) is 0 Å². The highest BCUT2D eigenvalue weighted by molar-refractivity contribution is 6.21. The van der Waals surface area contributed by atoms with Gasteiger partial charge in [0.05, 0.1) is 6.20 Å². The molecule has 1 N–H and O–H groups in total. The van der Waals surface area contributed by atoms with Crippen molar-refractivity contribution in [3.63, 3.8) is 0 Å². The van der Waals surface area contributed by atoms with Crippen LogP contribution in [0.5, 0.6) is 0 Å². The highest BCUT2D eigenvalue weighted by Gasteiger charge is 2.26. The quantitative estimate of drug-likeness (QED) is 0.773. The van der Waals surface area contributed by atoms with Crippen LogP contribution in [0.4, 0.5) is 0 Å². The van der Waals surface area contributed by atoms with Crippen molar-refractivity contribution in [1.29, 1.82) is 0 Å². The van der Waals surface area contributed by atoms with Gasteiger partial charge in [-0.25, -0.2) is 0 Å². The monoisotopic (exact) mass is 213 g/mol. The van der Waals surface area contributed by atoms with Crippen LogP contribution in [0.2, 0.25) is 0 Å². The summed E-state index contributed by atoms with van der Waals surface area (Å²) < 4.78 is 1.95. The lowest BCUT2D eigenvalue weighted by Gasteiger charge is -2.31. The van der Waals surface area contributed by atoms with Crippen LogP contribution < -0.4 is 5.32 Å². The Morgan fingerprint density at radius 2 is 2.43 bits per heavy atom. The van der Waals surface area contributed by atoms with E-state index in [-0.39, 0.29) is 0 Å². The average Bonchev–Trinajstić information content (AvgIpc) is 2.58. The van der Waals surface area contributed by atoms with Gasteiger partial charge < -0.3 is 5.32 Å². The Balaban J connectivity index is 1.75. The molecule has 1 aliphatic carbocycles. The van der Waals surface area contributed by atoms with Crippen LogP contribution in [-0.2, 0) is 13.1 Å². The molecule has 0 saturated heterocycles. The van der Waals surface area contributed by atoms with E-state index in [1.165, 1.54) is 5.56 Å². The third-order valence-electron chi connectivity index (χ3n) is 2.69. The van der Waals surface area contributed by atoms with E-state index in [2.05, 4.69) is 23.5 Å². The lowest BCUT2D eigenvalue weighted by molar-refractivity contribution is 0.345. The molecule has 0 spiro atoms. The first-order chi connectivity index (χ1) is 6.78. The van der Waals surface area contributed by atoms with E-state index in [0.29, 0.717) is 11.4 Å². The fourth-order valence-electron chi connectivity index (χ4n) is 1.65. The Kier molecular flexibility index (Phi) is 3.08. The molecule has 1 aliphatic rings. The summed E-state index contributed by atoms with van der Waals surface area (Å²) in [5, 5.41) is 8.08. The van der Waals surface area contributed by atoms with Gasteiger partial charge in [0.25, 0.3) is 0 Å². The predicted octanol–water partition coefficient (Wildman–Crippen LogP) is 1.76. The summed E-state index contributed by atoms with van der Waals surface area (Å²) >= 11 is 5.90. The normalized spacial score (nSPS) is 26.1. The second-order valence-corrected chi connectivity index (χ2v) is 4.47. The van der Waals surface area contributed by atoms with E-state index in [0.717, 1.165) is 25.9 Å². The second kappa shape index (κ2) is 4.32. The maximum absolute atomic E-state index is 5.90. The van der Waals surface area contributed by atoms with Crippen molar-refractivity contribution in [2.24, 2.45) is 0 Å². The van der Waals surface area contributed by atoms with E-state index in [9.17, 15) is 0 Å². The van der Waals surface area contributed by atoms with Crippen LogP contribution in [0, 0.1) is 0 Å². The molecule has 2 rings (SSSR count). The standard InChI is InChI=1S/C10H16ClN3/c1-2-14-7-8(6-13-14)5-12-10-3-9(11)4-10/h6-7,9-10,12H,2-5H2,1H3. The van der Waals surface area contributed by atoms with Gasteiger partial charge in [0.1, 0.15) is 0 Å². The zero-order chi connectivity index (χ0) is 9.97. The van der Waals surface area contributed by atoms with Crippen LogP contribution in [-0.4, -0.2) is 21.2 Å². The number of rotatable bonds is 4. The number of alkyl halides is 1. The fourth-order valence-corrected chi connectivity index (χ4v) is 2.08. The van der Waals surface area contributed by atoms with Gasteiger partial charge in [0.2, 0.25) is 0 Å². The minimum absolute atomic E-state index is 0.394. The topological polar surface area (TPSA) is 29.9 Å². The van der Waals surface area contributed by atoms with Gasteiger partial charge in [-0.05, 0) is 19.8 Å².